The minimum absolute atomic E-state index is 0.0473. The van der Waals surface area contributed by atoms with E-state index in [1.54, 1.807) is 0 Å². The highest BCUT2D eigenvalue weighted by molar-refractivity contribution is 5.43. The molecule has 0 amide bonds. The van der Waals surface area contributed by atoms with Crippen LogP contribution in [0, 0.1) is 5.92 Å². The van der Waals surface area contributed by atoms with Crippen molar-refractivity contribution in [1.82, 2.24) is 4.98 Å². The van der Waals surface area contributed by atoms with Crippen LogP contribution in [-0.4, -0.2) is 31.8 Å². The quantitative estimate of drug-likeness (QED) is 0.886. The summed E-state index contributed by atoms with van der Waals surface area (Å²) in [6, 6.07) is 4.20. The first-order chi connectivity index (χ1) is 9.20. The van der Waals surface area contributed by atoms with Crippen LogP contribution in [0.5, 0.6) is 0 Å². The number of hydrogen-bond acceptors (Lipinski definition) is 4. The lowest BCUT2D eigenvalue weighted by Gasteiger charge is -2.28. The van der Waals surface area contributed by atoms with Crippen molar-refractivity contribution in [3.8, 4) is 0 Å². The van der Waals surface area contributed by atoms with E-state index in [2.05, 4.69) is 29.9 Å². The molecule has 1 aromatic rings. The molecule has 1 fully saturated rings. The molecule has 1 aliphatic heterocycles. The highest BCUT2D eigenvalue weighted by Gasteiger charge is 2.16. The van der Waals surface area contributed by atoms with Gasteiger partial charge in [-0.15, -0.1) is 0 Å². The number of nitrogens with zero attached hydrogens (tertiary/aromatic N) is 2. The summed E-state index contributed by atoms with van der Waals surface area (Å²) in [7, 11) is 2.12. The van der Waals surface area contributed by atoms with Gasteiger partial charge in [0, 0.05) is 26.2 Å². The molecule has 0 saturated carbocycles. The molecule has 4 heteroatoms. The molecular formula is C15H25N3O. The zero-order valence-corrected chi connectivity index (χ0v) is 12.0. The van der Waals surface area contributed by atoms with Gasteiger partial charge in [-0.05, 0) is 37.3 Å². The zero-order valence-electron chi connectivity index (χ0n) is 12.0. The Bertz CT molecular complexity index is 373. The lowest BCUT2D eigenvalue weighted by molar-refractivity contribution is 0.0576. The average Bonchev–Trinajstić information content (AvgIpc) is 2.47. The van der Waals surface area contributed by atoms with Crippen molar-refractivity contribution in [3.63, 3.8) is 0 Å². The third kappa shape index (κ3) is 3.91. The van der Waals surface area contributed by atoms with Gasteiger partial charge in [-0.25, -0.2) is 0 Å². The van der Waals surface area contributed by atoms with Crippen LogP contribution in [0.3, 0.4) is 0 Å². The molecule has 0 bridgehead atoms. The number of hydrogen-bond donors (Lipinski definition) is 1. The van der Waals surface area contributed by atoms with Crippen molar-refractivity contribution in [2.75, 3.05) is 31.7 Å². The highest BCUT2D eigenvalue weighted by atomic mass is 16.5. The van der Waals surface area contributed by atoms with Crippen LogP contribution >= 0.6 is 0 Å². The van der Waals surface area contributed by atoms with Gasteiger partial charge >= 0.3 is 0 Å². The first kappa shape index (κ1) is 14.3. The molecule has 106 valence electrons. The van der Waals surface area contributed by atoms with E-state index in [0.29, 0.717) is 5.92 Å². The van der Waals surface area contributed by atoms with E-state index in [0.717, 1.165) is 37.6 Å². The molecule has 0 spiro atoms. The van der Waals surface area contributed by atoms with Crippen LogP contribution in [0.15, 0.2) is 18.3 Å². The Balaban J connectivity index is 1.93. The summed E-state index contributed by atoms with van der Waals surface area (Å²) in [6.45, 7) is 4.91. The fourth-order valence-corrected chi connectivity index (χ4v) is 2.50. The van der Waals surface area contributed by atoms with Gasteiger partial charge in [0.1, 0.15) is 0 Å². The first-order valence-corrected chi connectivity index (χ1v) is 7.21. The number of anilines is 1. The fourth-order valence-electron chi connectivity index (χ4n) is 2.50. The predicted molar refractivity (Wildman–Crippen MR) is 78.3 cm³/mol. The van der Waals surface area contributed by atoms with Crippen molar-refractivity contribution in [3.05, 3.63) is 24.0 Å². The monoisotopic (exact) mass is 263 g/mol. The maximum absolute atomic E-state index is 5.98. The van der Waals surface area contributed by atoms with Gasteiger partial charge in [-0.2, -0.15) is 0 Å². The summed E-state index contributed by atoms with van der Waals surface area (Å²) < 4.78 is 5.53. The minimum Gasteiger partial charge on any atom is -0.381 e. The van der Waals surface area contributed by atoms with E-state index in [4.69, 9.17) is 10.5 Å². The van der Waals surface area contributed by atoms with Gasteiger partial charge in [0.15, 0.2) is 0 Å². The average molecular weight is 263 g/mol. The maximum atomic E-state index is 5.98. The normalized spacial score (nSPS) is 21.1. The summed E-state index contributed by atoms with van der Waals surface area (Å²) in [5, 5.41) is 0. The van der Waals surface area contributed by atoms with E-state index in [-0.39, 0.29) is 6.04 Å². The van der Waals surface area contributed by atoms with E-state index in [9.17, 15) is 0 Å². The molecule has 0 aromatic carbocycles. The second-order valence-corrected chi connectivity index (χ2v) is 5.42. The molecule has 2 N–H and O–H groups in total. The molecule has 19 heavy (non-hydrogen) atoms. The smallest absolute Gasteiger partial charge is 0.0572 e. The van der Waals surface area contributed by atoms with Crippen molar-refractivity contribution >= 4 is 5.69 Å². The van der Waals surface area contributed by atoms with Crippen LogP contribution in [0.2, 0.25) is 0 Å². The van der Waals surface area contributed by atoms with Gasteiger partial charge in [0.05, 0.1) is 24.2 Å². The van der Waals surface area contributed by atoms with Crippen LogP contribution in [0.1, 0.15) is 37.9 Å². The molecular weight excluding hydrogens is 238 g/mol. The van der Waals surface area contributed by atoms with Gasteiger partial charge in [-0.3, -0.25) is 4.98 Å². The van der Waals surface area contributed by atoms with Crippen molar-refractivity contribution in [1.29, 1.82) is 0 Å². The van der Waals surface area contributed by atoms with Crippen LogP contribution in [0.4, 0.5) is 5.69 Å². The van der Waals surface area contributed by atoms with E-state index < -0.39 is 0 Å². The molecule has 2 atom stereocenters. The van der Waals surface area contributed by atoms with Gasteiger partial charge in [0.25, 0.3) is 0 Å². The molecule has 1 unspecified atom stereocenters. The summed E-state index contributed by atoms with van der Waals surface area (Å²) in [5.74, 6) is 0.635. The van der Waals surface area contributed by atoms with Gasteiger partial charge in [0.2, 0.25) is 0 Å². The molecule has 0 aliphatic carbocycles. The Morgan fingerprint density at radius 1 is 1.53 bits per heavy atom. The Hall–Kier alpha value is -1.13. The van der Waals surface area contributed by atoms with E-state index in [1.165, 1.54) is 12.8 Å². The Kier molecular flexibility index (Phi) is 5.16. The van der Waals surface area contributed by atoms with E-state index >= 15 is 0 Å². The Labute approximate surface area is 116 Å². The topological polar surface area (TPSA) is 51.4 Å². The lowest BCUT2D eigenvalue weighted by atomic mass is 10.0. The van der Waals surface area contributed by atoms with Crippen LogP contribution in [0.25, 0.3) is 0 Å². The van der Waals surface area contributed by atoms with Gasteiger partial charge in [-0.1, -0.05) is 6.92 Å². The first-order valence-electron chi connectivity index (χ1n) is 7.21. The fraction of sp³-hybridized carbons (Fsp3) is 0.667. The second-order valence-electron chi connectivity index (χ2n) is 5.42. The standard InChI is InChI=1S/C15H25N3O/c1-3-14(16)15-7-6-13(9-17-15)18(2)10-12-5-4-8-19-11-12/h6-7,9,12,14H,3-5,8,10-11,16H2,1-2H3/t12?,14-/m1/s1. The number of rotatable bonds is 5. The Morgan fingerprint density at radius 2 is 2.37 bits per heavy atom. The molecule has 0 radical (unpaired) electrons. The largest absolute Gasteiger partial charge is 0.381 e. The predicted octanol–water partition coefficient (Wildman–Crippen LogP) is 2.35. The number of pyridine rings is 1. The third-order valence-electron chi connectivity index (χ3n) is 3.82. The van der Waals surface area contributed by atoms with Crippen molar-refractivity contribution < 1.29 is 4.74 Å². The summed E-state index contributed by atoms with van der Waals surface area (Å²) in [5.41, 5.74) is 8.10. The minimum atomic E-state index is 0.0473. The van der Waals surface area contributed by atoms with Crippen LogP contribution < -0.4 is 10.6 Å². The number of aromatic nitrogens is 1. The molecule has 2 heterocycles. The lowest BCUT2D eigenvalue weighted by Crippen LogP contribution is -2.30. The molecule has 1 aliphatic rings. The number of nitrogens with two attached hydrogens (primary N) is 1. The second kappa shape index (κ2) is 6.87. The SMILES string of the molecule is CC[C@@H](N)c1ccc(N(C)CC2CCCOC2)cn1. The van der Waals surface area contributed by atoms with Crippen molar-refractivity contribution in [2.45, 2.75) is 32.2 Å². The van der Waals surface area contributed by atoms with E-state index in [1.807, 2.05) is 12.3 Å². The van der Waals surface area contributed by atoms with Gasteiger partial charge < -0.3 is 15.4 Å². The Morgan fingerprint density at radius 3 is 2.95 bits per heavy atom. The third-order valence-corrected chi connectivity index (χ3v) is 3.82. The van der Waals surface area contributed by atoms with Crippen molar-refractivity contribution in [2.24, 2.45) is 11.7 Å². The molecule has 2 rings (SSSR count). The number of ether oxygens (including phenoxy) is 1. The molecule has 1 aromatic heterocycles. The summed E-state index contributed by atoms with van der Waals surface area (Å²) >= 11 is 0. The molecule has 1 saturated heterocycles. The summed E-state index contributed by atoms with van der Waals surface area (Å²) in [6.07, 6.45) is 5.29. The highest BCUT2D eigenvalue weighted by Crippen LogP contribution is 2.20. The van der Waals surface area contributed by atoms with Crippen LogP contribution in [-0.2, 0) is 4.74 Å². The summed E-state index contributed by atoms with van der Waals surface area (Å²) in [4.78, 5) is 6.72. The molecule has 4 nitrogen and oxygen atoms in total. The zero-order chi connectivity index (χ0) is 13.7. The maximum Gasteiger partial charge on any atom is 0.0572 e.